The lowest BCUT2D eigenvalue weighted by atomic mass is 10.4. The molecule has 0 radical (unpaired) electrons. The van der Waals surface area contributed by atoms with Crippen molar-refractivity contribution in [3.05, 3.63) is 42.1 Å². The summed E-state index contributed by atoms with van der Waals surface area (Å²) in [5.41, 5.74) is 1.75. The van der Waals surface area contributed by atoms with E-state index in [0.29, 0.717) is 11.4 Å². The van der Waals surface area contributed by atoms with E-state index in [1.165, 1.54) is 12.5 Å². The van der Waals surface area contributed by atoms with Gasteiger partial charge in [0, 0.05) is 37.1 Å². The van der Waals surface area contributed by atoms with Crippen LogP contribution in [-0.4, -0.2) is 20.0 Å². The number of hydrogen-bond donors (Lipinski definition) is 2. The zero-order chi connectivity index (χ0) is 15.3. The molecule has 0 aliphatic carbocycles. The number of aryl methyl sites for hydroxylation is 1. The zero-order valence-electron chi connectivity index (χ0n) is 12.3. The van der Waals surface area contributed by atoms with Crippen LogP contribution in [0.3, 0.4) is 0 Å². The maximum Gasteiger partial charge on any atom is 0.242 e. The predicted molar refractivity (Wildman–Crippen MR) is 80.2 cm³/mol. The Bertz CT molecular complexity index is 636. The van der Waals surface area contributed by atoms with Gasteiger partial charge in [0.25, 0.3) is 0 Å². The highest BCUT2D eigenvalue weighted by molar-refractivity contribution is 7.89. The summed E-state index contributed by atoms with van der Waals surface area (Å²) >= 11 is 0. The summed E-state index contributed by atoms with van der Waals surface area (Å²) < 4.78 is 34.1. The van der Waals surface area contributed by atoms with Gasteiger partial charge in [-0.15, -0.1) is 0 Å². The number of nitrogens with one attached hydrogen (secondary N) is 2. The minimum atomic E-state index is -3.51. The third-order valence-electron chi connectivity index (χ3n) is 3.14. The summed E-state index contributed by atoms with van der Waals surface area (Å²) in [6.45, 7) is 3.72. The Morgan fingerprint density at radius 2 is 2.14 bits per heavy atom. The molecule has 0 spiro atoms. The van der Waals surface area contributed by atoms with Crippen molar-refractivity contribution in [3.63, 3.8) is 0 Å². The van der Waals surface area contributed by atoms with Gasteiger partial charge >= 0.3 is 0 Å². The van der Waals surface area contributed by atoms with Gasteiger partial charge in [0.1, 0.15) is 0 Å². The molecule has 0 unspecified atom stereocenters. The molecule has 7 heteroatoms. The van der Waals surface area contributed by atoms with Gasteiger partial charge in [-0.3, -0.25) is 0 Å². The first kappa shape index (κ1) is 15.8. The second-order valence-electron chi connectivity index (χ2n) is 4.85. The van der Waals surface area contributed by atoms with Crippen LogP contribution in [0.1, 0.15) is 24.6 Å². The Labute approximate surface area is 125 Å². The van der Waals surface area contributed by atoms with E-state index in [9.17, 15) is 8.42 Å². The lowest BCUT2D eigenvalue weighted by Gasteiger charge is -2.06. The fourth-order valence-electron chi connectivity index (χ4n) is 2.11. The molecule has 0 aromatic carbocycles. The molecule has 0 atom stereocenters. The molecule has 21 heavy (non-hydrogen) atoms. The third-order valence-corrected chi connectivity index (χ3v) is 4.51. The summed E-state index contributed by atoms with van der Waals surface area (Å²) in [5.74, 6) is 0. The van der Waals surface area contributed by atoms with E-state index >= 15 is 0 Å². The second-order valence-corrected chi connectivity index (χ2v) is 6.61. The molecule has 2 aromatic rings. The molecule has 2 rings (SSSR count). The highest BCUT2D eigenvalue weighted by Crippen LogP contribution is 2.16. The van der Waals surface area contributed by atoms with Gasteiger partial charge in [0.05, 0.1) is 17.4 Å². The molecule has 0 aliphatic rings. The third kappa shape index (κ3) is 3.96. The van der Waals surface area contributed by atoms with Gasteiger partial charge in [-0.25, -0.2) is 13.1 Å². The number of furan rings is 1. The first-order chi connectivity index (χ1) is 10.1. The zero-order valence-corrected chi connectivity index (χ0v) is 13.1. The van der Waals surface area contributed by atoms with Crippen molar-refractivity contribution in [1.29, 1.82) is 0 Å². The van der Waals surface area contributed by atoms with Crippen LogP contribution in [-0.2, 0) is 29.7 Å². The van der Waals surface area contributed by atoms with Crippen molar-refractivity contribution in [1.82, 2.24) is 14.6 Å². The summed E-state index contributed by atoms with van der Waals surface area (Å²) in [4.78, 5) is 0.296. The van der Waals surface area contributed by atoms with Crippen LogP contribution < -0.4 is 10.0 Å². The normalized spacial score (nSPS) is 11.9. The SMILES string of the molecule is CCCn1cc(S(=O)(=O)NCc2ccoc2)cc1CNC. The molecular formula is C14H21N3O3S. The Balaban J connectivity index is 2.16. The molecule has 0 aliphatic heterocycles. The first-order valence-corrected chi connectivity index (χ1v) is 8.39. The number of hydrogen-bond acceptors (Lipinski definition) is 4. The predicted octanol–water partition coefficient (Wildman–Crippen LogP) is 1.69. The first-order valence-electron chi connectivity index (χ1n) is 6.91. The summed E-state index contributed by atoms with van der Waals surface area (Å²) in [7, 11) is -1.67. The van der Waals surface area contributed by atoms with Gasteiger partial charge < -0.3 is 14.3 Å². The molecule has 2 heterocycles. The lowest BCUT2D eigenvalue weighted by Crippen LogP contribution is -2.22. The topological polar surface area (TPSA) is 76.3 Å². The monoisotopic (exact) mass is 311 g/mol. The standard InChI is InChI=1S/C14H21N3O3S/c1-3-5-17-10-14(7-13(17)9-15-2)21(18,19)16-8-12-4-6-20-11-12/h4,6-7,10-11,15-16H,3,5,8-9H2,1-2H3. The fourth-order valence-corrected chi connectivity index (χ4v) is 3.19. The Hall–Kier alpha value is -1.57. The van der Waals surface area contributed by atoms with Gasteiger partial charge in [-0.1, -0.05) is 6.92 Å². The molecule has 116 valence electrons. The minimum absolute atomic E-state index is 0.221. The molecule has 0 saturated heterocycles. The quantitative estimate of drug-likeness (QED) is 0.778. The van der Waals surface area contributed by atoms with Crippen molar-refractivity contribution in [3.8, 4) is 0 Å². The van der Waals surface area contributed by atoms with E-state index in [1.807, 2.05) is 11.6 Å². The van der Waals surface area contributed by atoms with E-state index in [2.05, 4.69) is 17.0 Å². The highest BCUT2D eigenvalue weighted by Gasteiger charge is 2.18. The second kappa shape index (κ2) is 6.93. The van der Waals surface area contributed by atoms with Crippen LogP contribution >= 0.6 is 0 Å². The Morgan fingerprint density at radius 3 is 2.76 bits per heavy atom. The molecule has 0 saturated carbocycles. The van der Waals surface area contributed by atoms with E-state index in [4.69, 9.17) is 4.42 Å². The fraction of sp³-hybridized carbons (Fsp3) is 0.429. The van der Waals surface area contributed by atoms with Crippen LogP contribution in [0.25, 0.3) is 0 Å². The minimum Gasteiger partial charge on any atom is -0.472 e. The maximum absolute atomic E-state index is 12.3. The van der Waals surface area contributed by atoms with E-state index in [0.717, 1.165) is 24.2 Å². The van der Waals surface area contributed by atoms with E-state index < -0.39 is 10.0 Å². The van der Waals surface area contributed by atoms with Crippen molar-refractivity contribution in [2.45, 2.75) is 37.9 Å². The lowest BCUT2D eigenvalue weighted by molar-refractivity contribution is 0.561. The van der Waals surface area contributed by atoms with Crippen molar-refractivity contribution in [2.75, 3.05) is 7.05 Å². The molecule has 2 aromatic heterocycles. The number of rotatable bonds is 8. The number of nitrogens with zero attached hydrogens (tertiary/aromatic N) is 1. The largest absolute Gasteiger partial charge is 0.472 e. The van der Waals surface area contributed by atoms with Crippen LogP contribution in [0.5, 0.6) is 0 Å². The average Bonchev–Trinajstić information content (AvgIpc) is 3.08. The van der Waals surface area contributed by atoms with Crippen LogP contribution in [0.15, 0.2) is 40.2 Å². The van der Waals surface area contributed by atoms with Gasteiger partial charge in [0.2, 0.25) is 10.0 Å². The summed E-state index contributed by atoms with van der Waals surface area (Å²) in [5, 5.41) is 3.05. The van der Waals surface area contributed by atoms with Crippen LogP contribution in [0.4, 0.5) is 0 Å². The average molecular weight is 311 g/mol. The molecule has 0 bridgehead atoms. The molecule has 6 nitrogen and oxygen atoms in total. The number of aromatic nitrogens is 1. The highest BCUT2D eigenvalue weighted by atomic mass is 32.2. The van der Waals surface area contributed by atoms with E-state index in [-0.39, 0.29) is 6.54 Å². The van der Waals surface area contributed by atoms with Crippen LogP contribution in [0.2, 0.25) is 0 Å². The maximum atomic E-state index is 12.3. The Morgan fingerprint density at radius 1 is 1.33 bits per heavy atom. The van der Waals surface area contributed by atoms with Gasteiger partial charge in [-0.05, 0) is 25.6 Å². The molecule has 2 N–H and O–H groups in total. The van der Waals surface area contributed by atoms with Gasteiger partial charge in [0.15, 0.2) is 0 Å². The molecular weight excluding hydrogens is 290 g/mol. The molecule has 0 fully saturated rings. The number of sulfonamides is 1. The van der Waals surface area contributed by atoms with Crippen molar-refractivity contribution < 1.29 is 12.8 Å². The van der Waals surface area contributed by atoms with Gasteiger partial charge in [-0.2, -0.15) is 0 Å². The van der Waals surface area contributed by atoms with Crippen LogP contribution in [0, 0.1) is 0 Å². The van der Waals surface area contributed by atoms with E-state index in [1.54, 1.807) is 18.3 Å². The smallest absolute Gasteiger partial charge is 0.242 e. The molecule has 0 amide bonds. The summed E-state index contributed by atoms with van der Waals surface area (Å²) in [6.07, 6.45) is 5.69. The van der Waals surface area contributed by atoms with Crippen molar-refractivity contribution >= 4 is 10.0 Å². The Kier molecular flexibility index (Phi) is 5.22. The van der Waals surface area contributed by atoms with Crippen molar-refractivity contribution in [2.24, 2.45) is 0 Å². The summed E-state index contributed by atoms with van der Waals surface area (Å²) in [6, 6.07) is 3.45.